The van der Waals surface area contributed by atoms with E-state index in [9.17, 15) is 9.36 Å². The molecule has 0 aliphatic carbocycles. The molecule has 0 saturated carbocycles. The third kappa shape index (κ3) is 1.66. The number of hydrogen-bond acceptors (Lipinski definition) is 2. The highest BCUT2D eigenvalue weighted by Crippen LogP contribution is 2.40. The van der Waals surface area contributed by atoms with Gasteiger partial charge in [0.15, 0.2) is 7.14 Å². The zero-order valence-corrected chi connectivity index (χ0v) is 5.81. The Labute approximate surface area is 48.1 Å². The summed E-state index contributed by atoms with van der Waals surface area (Å²) in [5.41, 5.74) is -1.17. The molecule has 0 heterocycles. The zero-order valence-electron chi connectivity index (χ0n) is 4.92. The second-order valence-corrected chi connectivity index (χ2v) is 4.92. The average Bonchev–Trinajstić information content (AvgIpc) is 1.67. The van der Waals surface area contributed by atoms with E-state index >= 15 is 0 Å². The van der Waals surface area contributed by atoms with Gasteiger partial charge in [-0.3, -0.25) is 0 Å². The first kappa shape index (κ1) is 7.70. The van der Waals surface area contributed by atoms with Crippen LogP contribution < -0.4 is 0 Å². The molecule has 1 unspecified atom stereocenters. The zero-order chi connectivity index (χ0) is 6.78. The highest BCUT2D eigenvalue weighted by Gasteiger charge is 2.21. The Bertz CT molecular complexity index is 140. The molecule has 3 nitrogen and oxygen atoms in total. The van der Waals surface area contributed by atoms with Crippen molar-refractivity contribution in [3.05, 3.63) is 0 Å². The number of carbonyl (C=O) groups is 1. The van der Waals surface area contributed by atoms with E-state index in [0.717, 1.165) is 0 Å². The molecule has 0 aromatic carbocycles. The van der Waals surface area contributed by atoms with Gasteiger partial charge in [-0.25, -0.2) is 4.79 Å². The molecule has 1 atom stereocenters. The maximum Gasteiger partial charge on any atom is 0.361 e. The summed E-state index contributed by atoms with van der Waals surface area (Å²) in [6, 6.07) is 0. The van der Waals surface area contributed by atoms with Crippen molar-refractivity contribution < 1.29 is 14.5 Å². The van der Waals surface area contributed by atoms with E-state index in [1.807, 2.05) is 0 Å². The number of carboxylic acid groups (broad SMARTS) is 1. The maximum absolute atomic E-state index is 10.7. The van der Waals surface area contributed by atoms with Crippen LogP contribution in [0.15, 0.2) is 0 Å². The number of rotatable bonds is 2. The highest BCUT2D eigenvalue weighted by molar-refractivity contribution is 7.79. The van der Waals surface area contributed by atoms with Gasteiger partial charge in [0.05, 0.1) is 0 Å². The van der Waals surface area contributed by atoms with Crippen LogP contribution in [-0.4, -0.2) is 23.6 Å². The Morgan fingerprint density at radius 1 is 1.75 bits per heavy atom. The minimum atomic E-state index is -2.83. The summed E-state index contributed by atoms with van der Waals surface area (Å²) < 4.78 is 10.7. The Balaban J connectivity index is 4.15. The van der Waals surface area contributed by atoms with Gasteiger partial charge in [-0.05, 0) is 6.66 Å². The van der Waals surface area contributed by atoms with Crippen molar-refractivity contribution in [1.82, 2.24) is 0 Å². The van der Waals surface area contributed by atoms with Gasteiger partial charge in [0.2, 0.25) is 0 Å². The van der Waals surface area contributed by atoms with E-state index in [1.165, 1.54) is 6.66 Å². The van der Waals surface area contributed by atoms with Gasteiger partial charge in [-0.15, -0.1) is 0 Å². The molecule has 0 amide bonds. The lowest BCUT2D eigenvalue weighted by atomic mass is 11.0. The predicted molar refractivity (Wildman–Crippen MR) is 32.1 cm³/mol. The van der Waals surface area contributed by atoms with Crippen LogP contribution in [0.5, 0.6) is 0 Å². The van der Waals surface area contributed by atoms with Gasteiger partial charge < -0.3 is 9.67 Å². The van der Waals surface area contributed by atoms with Crippen molar-refractivity contribution in [3.8, 4) is 0 Å². The molecule has 0 fully saturated rings. The lowest BCUT2D eigenvalue weighted by Crippen LogP contribution is -1.94. The fraction of sp³-hybridized carbons (Fsp3) is 0.750. The third-order valence-corrected chi connectivity index (χ3v) is 3.02. The summed E-state index contributed by atoms with van der Waals surface area (Å²) in [6.45, 7) is 2.88. The van der Waals surface area contributed by atoms with Crippen molar-refractivity contribution in [2.24, 2.45) is 0 Å². The molecule has 0 aromatic heterocycles. The van der Waals surface area contributed by atoms with Crippen LogP contribution >= 0.6 is 7.14 Å². The van der Waals surface area contributed by atoms with E-state index < -0.39 is 12.9 Å². The van der Waals surface area contributed by atoms with Crippen LogP contribution in [0.3, 0.4) is 0 Å². The second kappa shape index (κ2) is 2.31. The van der Waals surface area contributed by atoms with Gasteiger partial charge in [0.25, 0.3) is 0 Å². The molecule has 0 aliphatic heterocycles. The molecule has 0 bridgehead atoms. The fourth-order valence-electron chi connectivity index (χ4n) is 0.135. The molecule has 0 rings (SSSR count). The average molecular weight is 136 g/mol. The van der Waals surface area contributed by atoms with Crippen LogP contribution in [0.25, 0.3) is 0 Å². The molecule has 8 heavy (non-hydrogen) atoms. The quantitative estimate of drug-likeness (QED) is 0.587. The third-order valence-electron chi connectivity index (χ3n) is 1.01. The lowest BCUT2D eigenvalue weighted by molar-refractivity contribution is 0.219. The van der Waals surface area contributed by atoms with E-state index in [0.29, 0.717) is 0 Å². The molecule has 0 spiro atoms. The molecule has 0 saturated heterocycles. The fourth-order valence-corrected chi connectivity index (χ4v) is 0.406. The smallest absolute Gasteiger partial charge is 0.361 e. The molecule has 0 radical (unpaired) electrons. The number of hydrogen-bond donors (Lipinski definition) is 1. The standard InChI is InChI=1S/C4H9O3P/c1-3-8(2,7)4(5)6/h3H2,1-2H3,(H,5,6). The molecular formula is C4H9O3P. The first-order chi connectivity index (χ1) is 3.50. The highest BCUT2D eigenvalue weighted by atomic mass is 31.2. The Morgan fingerprint density at radius 2 is 2.12 bits per heavy atom. The molecule has 0 aliphatic rings. The monoisotopic (exact) mass is 136 g/mol. The molecule has 4 heteroatoms. The lowest BCUT2D eigenvalue weighted by Gasteiger charge is -1.99. The molecule has 48 valence electrons. The maximum atomic E-state index is 10.7. The van der Waals surface area contributed by atoms with Crippen molar-refractivity contribution in [2.75, 3.05) is 12.8 Å². The summed E-state index contributed by atoms with van der Waals surface area (Å²) in [6.07, 6.45) is 0.238. The Kier molecular flexibility index (Phi) is 2.23. The predicted octanol–water partition coefficient (Wildman–Crippen LogP) is 1.68. The van der Waals surface area contributed by atoms with Crippen molar-refractivity contribution >= 4 is 12.9 Å². The summed E-state index contributed by atoms with van der Waals surface area (Å²) in [7, 11) is -2.83. The van der Waals surface area contributed by atoms with Crippen LogP contribution in [-0.2, 0) is 4.57 Å². The largest absolute Gasteiger partial charge is 0.476 e. The summed E-state index contributed by atoms with van der Waals surface area (Å²) in [5, 5.41) is 8.18. The van der Waals surface area contributed by atoms with Crippen LogP contribution in [0.2, 0.25) is 0 Å². The van der Waals surface area contributed by atoms with Gasteiger partial charge in [0, 0.05) is 6.16 Å². The van der Waals surface area contributed by atoms with Crippen LogP contribution in [0.4, 0.5) is 4.79 Å². The Morgan fingerprint density at radius 3 is 2.12 bits per heavy atom. The van der Waals surface area contributed by atoms with Gasteiger partial charge in [-0.1, -0.05) is 6.92 Å². The van der Waals surface area contributed by atoms with Crippen molar-refractivity contribution in [3.63, 3.8) is 0 Å². The van der Waals surface area contributed by atoms with Gasteiger partial charge >= 0.3 is 5.71 Å². The summed E-state index contributed by atoms with van der Waals surface area (Å²) in [5.74, 6) is 0. The normalized spacial score (nSPS) is 17.2. The summed E-state index contributed by atoms with van der Waals surface area (Å²) >= 11 is 0. The first-order valence-corrected chi connectivity index (χ1v) is 4.64. The second-order valence-electron chi connectivity index (χ2n) is 1.70. The summed E-state index contributed by atoms with van der Waals surface area (Å²) in [4.78, 5) is 9.99. The molecular weight excluding hydrogens is 127 g/mol. The SMILES string of the molecule is CCP(C)(=O)C(=O)O. The van der Waals surface area contributed by atoms with Crippen molar-refractivity contribution in [2.45, 2.75) is 6.92 Å². The topological polar surface area (TPSA) is 54.4 Å². The van der Waals surface area contributed by atoms with E-state index in [4.69, 9.17) is 5.11 Å². The van der Waals surface area contributed by atoms with E-state index in [2.05, 4.69) is 0 Å². The molecule has 0 aromatic rings. The van der Waals surface area contributed by atoms with Crippen molar-refractivity contribution in [1.29, 1.82) is 0 Å². The van der Waals surface area contributed by atoms with Crippen LogP contribution in [0, 0.1) is 0 Å². The van der Waals surface area contributed by atoms with E-state index in [1.54, 1.807) is 6.92 Å². The first-order valence-electron chi connectivity index (χ1n) is 2.30. The Hall–Kier alpha value is -0.300. The van der Waals surface area contributed by atoms with Gasteiger partial charge in [-0.2, -0.15) is 0 Å². The minimum absolute atomic E-state index is 0.238. The molecule has 1 N–H and O–H groups in total. The van der Waals surface area contributed by atoms with Crippen LogP contribution in [0.1, 0.15) is 6.92 Å². The van der Waals surface area contributed by atoms with E-state index in [-0.39, 0.29) is 6.16 Å². The minimum Gasteiger partial charge on any atom is -0.476 e. The van der Waals surface area contributed by atoms with Gasteiger partial charge in [0.1, 0.15) is 0 Å².